The SMILES string of the molecule is CC(N)c1cnc2nccn2c1. The maximum atomic E-state index is 5.70. The fourth-order valence-electron chi connectivity index (χ4n) is 1.07. The Kier molecular flexibility index (Phi) is 1.55. The highest BCUT2D eigenvalue weighted by atomic mass is 15.1. The maximum absolute atomic E-state index is 5.70. The van der Waals surface area contributed by atoms with Crippen molar-refractivity contribution in [1.82, 2.24) is 14.4 Å². The Labute approximate surface area is 70.1 Å². The third-order valence-electron chi connectivity index (χ3n) is 1.79. The lowest BCUT2D eigenvalue weighted by Crippen LogP contribution is -2.06. The summed E-state index contributed by atoms with van der Waals surface area (Å²) in [5.41, 5.74) is 6.71. The molecule has 2 heterocycles. The summed E-state index contributed by atoms with van der Waals surface area (Å²) in [6.45, 7) is 1.93. The summed E-state index contributed by atoms with van der Waals surface area (Å²) in [4.78, 5) is 8.16. The number of nitrogens with two attached hydrogens (primary N) is 1. The molecule has 4 nitrogen and oxygen atoms in total. The number of fused-ring (bicyclic) bond motifs is 1. The first kappa shape index (κ1) is 7.24. The highest BCUT2D eigenvalue weighted by Crippen LogP contribution is 2.07. The lowest BCUT2D eigenvalue weighted by Gasteiger charge is -2.03. The van der Waals surface area contributed by atoms with E-state index in [0.717, 1.165) is 5.56 Å². The van der Waals surface area contributed by atoms with Crippen molar-refractivity contribution in [3.05, 3.63) is 30.4 Å². The first-order valence-electron chi connectivity index (χ1n) is 3.81. The normalized spacial score (nSPS) is 13.5. The van der Waals surface area contributed by atoms with E-state index in [1.165, 1.54) is 0 Å². The average Bonchev–Trinajstić information content (AvgIpc) is 2.49. The third kappa shape index (κ3) is 1.06. The van der Waals surface area contributed by atoms with Gasteiger partial charge < -0.3 is 5.73 Å². The summed E-state index contributed by atoms with van der Waals surface area (Å²) in [6.07, 6.45) is 7.27. The lowest BCUT2D eigenvalue weighted by atomic mass is 10.2. The fourth-order valence-corrected chi connectivity index (χ4v) is 1.07. The monoisotopic (exact) mass is 162 g/mol. The third-order valence-corrected chi connectivity index (χ3v) is 1.79. The van der Waals surface area contributed by atoms with Crippen molar-refractivity contribution in [3.8, 4) is 0 Å². The molecule has 0 aliphatic rings. The largest absolute Gasteiger partial charge is 0.324 e. The molecule has 2 N–H and O–H groups in total. The van der Waals surface area contributed by atoms with Crippen molar-refractivity contribution in [2.45, 2.75) is 13.0 Å². The highest BCUT2D eigenvalue weighted by Gasteiger charge is 2.01. The average molecular weight is 162 g/mol. The molecule has 0 aromatic carbocycles. The van der Waals surface area contributed by atoms with Crippen LogP contribution in [0, 0.1) is 0 Å². The van der Waals surface area contributed by atoms with E-state index in [1.807, 2.05) is 23.7 Å². The number of aromatic nitrogens is 3. The van der Waals surface area contributed by atoms with Gasteiger partial charge in [0.05, 0.1) is 0 Å². The Morgan fingerprint density at radius 3 is 3.08 bits per heavy atom. The molecule has 0 radical (unpaired) electrons. The molecule has 62 valence electrons. The minimum absolute atomic E-state index is 0.0179. The topological polar surface area (TPSA) is 56.2 Å². The first-order valence-corrected chi connectivity index (χ1v) is 3.81. The summed E-state index contributed by atoms with van der Waals surface area (Å²) in [6, 6.07) is 0.0179. The molecule has 0 spiro atoms. The van der Waals surface area contributed by atoms with E-state index in [-0.39, 0.29) is 6.04 Å². The predicted molar refractivity (Wildman–Crippen MR) is 45.6 cm³/mol. The van der Waals surface area contributed by atoms with Gasteiger partial charge in [-0.2, -0.15) is 0 Å². The minimum atomic E-state index is 0.0179. The Balaban J connectivity index is 2.60. The molecule has 0 bridgehead atoms. The number of rotatable bonds is 1. The molecule has 12 heavy (non-hydrogen) atoms. The van der Waals surface area contributed by atoms with Crippen LogP contribution in [0.5, 0.6) is 0 Å². The van der Waals surface area contributed by atoms with Gasteiger partial charge >= 0.3 is 0 Å². The van der Waals surface area contributed by atoms with E-state index in [0.29, 0.717) is 5.78 Å². The zero-order chi connectivity index (χ0) is 8.55. The number of hydrogen-bond acceptors (Lipinski definition) is 3. The van der Waals surface area contributed by atoms with E-state index < -0.39 is 0 Å². The first-order chi connectivity index (χ1) is 5.77. The van der Waals surface area contributed by atoms with Crippen LogP contribution in [0.2, 0.25) is 0 Å². The van der Waals surface area contributed by atoms with Gasteiger partial charge in [-0.1, -0.05) is 0 Å². The quantitative estimate of drug-likeness (QED) is 0.673. The molecule has 0 saturated heterocycles. The zero-order valence-corrected chi connectivity index (χ0v) is 6.81. The van der Waals surface area contributed by atoms with E-state index in [9.17, 15) is 0 Å². The summed E-state index contributed by atoms with van der Waals surface area (Å²) in [7, 11) is 0. The Hall–Kier alpha value is -1.42. The van der Waals surface area contributed by atoms with Crippen molar-refractivity contribution in [1.29, 1.82) is 0 Å². The lowest BCUT2D eigenvalue weighted by molar-refractivity contribution is 0.799. The second-order valence-corrected chi connectivity index (χ2v) is 2.81. The van der Waals surface area contributed by atoms with Crippen LogP contribution in [-0.4, -0.2) is 14.4 Å². The maximum Gasteiger partial charge on any atom is 0.233 e. The van der Waals surface area contributed by atoms with Crippen molar-refractivity contribution < 1.29 is 0 Å². The van der Waals surface area contributed by atoms with Crippen LogP contribution < -0.4 is 5.73 Å². The predicted octanol–water partition coefficient (Wildman–Crippen LogP) is 0.749. The minimum Gasteiger partial charge on any atom is -0.324 e. The number of hydrogen-bond donors (Lipinski definition) is 1. The highest BCUT2D eigenvalue weighted by molar-refractivity contribution is 5.29. The summed E-state index contributed by atoms with van der Waals surface area (Å²) in [5, 5.41) is 0. The molecule has 4 heteroatoms. The number of nitrogens with zero attached hydrogens (tertiary/aromatic N) is 3. The molecule has 0 aliphatic carbocycles. The second kappa shape index (κ2) is 2.57. The van der Waals surface area contributed by atoms with Gasteiger partial charge in [0.25, 0.3) is 0 Å². The van der Waals surface area contributed by atoms with Crippen molar-refractivity contribution >= 4 is 5.78 Å². The van der Waals surface area contributed by atoms with Gasteiger partial charge in [0, 0.05) is 36.4 Å². The van der Waals surface area contributed by atoms with Gasteiger partial charge in [-0.15, -0.1) is 0 Å². The van der Waals surface area contributed by atoms with Gasteiger partial charge in [0.1, 0.15) is 0 Å². The molecule has 0 aliphatic heterocycles. The van der Waals surface area contributed by atoms with Crippen LogP contribution in [0.3, 0.4) is 0 Å². The summed E-state index contributed by atoms with van der Waals surface area (Å²) < 4.78 is 1.86. The van der Waals surface area contributed by atoms with E-state index in [4.69, 9.17) is 5.73 Å². The molecule has 0 amide bonds. The molecular weight excluding hydrogens is 152 g/mol. The van der Waals surface area contributed by atoms with Gasteiger partial charge in [-0.25, -0.2) is 9.97 Å². The zero-order valence-electron chi connectivity index (χ0n) is 6.81. The Morgan fingerprint density at radius 1 is 1.50 bits per heavy atom. The van der Waals surface area contributed by atoms with Crippen LogP contribution >= 0.6 is 0 Å². The molecular formula is C8H10N4. The fraction of sp³-hybridized carbons (Fsp3) is 0.250. The van der Waals surface area contributed by atoms with Crippen LogP contribution in [-0.2, 0) is 0 Å². The van der Waals surface area contributed by atoms with E-state index in [2.05, 4.69) is 9.97 Å². The van der Waals surface area contributed by atoms with E-state index >= 15 is 0 Å². The van der Waals surface area contributed by atoms with Crippen LogP contribution in [0.25, 0.3) is 5.78 Å². The van der Waals surface area contributed by atoms with Crippen LogP contribution in [0.1, 0.15) is 18.5 Å². The van der Waals surface area contributed by atoms with Gasteiger partial charge in [-0.3, -0.25) is 4.40 Å². The Bertz CT molecular complexity index is 391. The number of imidazole rings is 1. The smallest absolute Gasteiger partial charge is 0.233 e. The summed E-state index contributed by atoms with van der Waals surface area (Å²) >= 11 is 0. The van der Waals surface area contributed by atoms with Crippen molar-refractivity contribution in [3.63, 3.8) is 0 Å². The molecule has 2 rings (SSSR count). The molecule has 2 aromatic heterocycles. The van der Waals surface area contributed by atoms with Gasteiger partial charge in [-0.05, 0) is 6.92 Å². The molecule has 0 saturated carbocycles. The van der Waals surface area contributed by atoms with Gasteiger partial charge in [0.15, 0.2) is 0 Å². The van der Waals surface area contributed by atoms with Crippen LogP contribution in [0.15, 0.2) is 24.8 Å². The molecule has 1 unspecified atom stereocenters. The van der Waals surface area contributed by atoms with Crippen molar-refractivity contribution in [2.24, 2.45) is 5.73 Å². The van der Waals surface area contributed by atoms with Crippen LogP contribution in [0.4, 0.5) is 0 Å². The van der Waals surface area contributed by atoms with Gasteiger partial charge in [0.2, 0.25) is 5.78 Å². The molecule has 2 aromatic rings. The molecule has 1 atom stereocenters. The molecule has 0 fully saturated rings. The second-order valence-electron chi connectivity index (χ2n) is 2.81. The standard InChI is InChI=1S/C8H10N4/c1-6(9)7-4-11-8-10-2-3-12(8)5-7/h2-6H,9H2,1H3. The summed E-state index contributed by atoms with van der Waals surface area (Å²) in [5.74, 6) is 0.708. The van der Waals surface area contributed by atoms with Crippen molar-refractivity contribution in [2.75, 3.05) is 0 Å². The van der Waals surface area contributed by atoms with E-state index in [1.54, 1.807) is 12.4 Å². The Morgan fingerprint density at radius 2 is 2.33 bits per heavy atom.